The van der Waals surface area contributed by atoms with Gasteiger partial charge in [0.2, 0.25) is 0 Å². The molecule has 0 radical (unpaired) electrons. The summed E-state index contributed by atoms with van der Waals surface area (Å²) in [5.74, 6) is -0.468. The number of aryl methyl sites for hydroxylation is 1. The maximum absolute atomic E-state index is 14.2. The molecule has 3 aromatic rings. The molecule has 0 aliphatic rings. The number of halogens is 1. The summed E-state index contributed by atoms with van der Waals surface area (Å²) in [6.45, 7) is 5.83. The van der Waals surface area contributed by atoms with E-state index in [1.807, 2.05) is 13.8 Å². The van der Waals surface area contributed by atoms with Crippen molar-refractivity contribution in [2.75, 3.05) is 0 Å². The fourth-order valence-corrected chi connectivity index (χ4v) is 4.97. The predicted molar refractivity (Wildman–Crippen MR) is 102 cm³/mol. The van der Waals surface area contributed by atoms with Gasteiger partial charge in [-0.15, -0.1) is 11.8 Å². The quantitative estimate of drug-likeness (QED) is 0.591. The molecule has 2 aromatic heterocycles. The van der Waals surface area contributed by atoms with E-state index in [1.54, 1.807) is 43.5 Å². The summed E-state index contributed by atoms with van der Waals surface area (Å²) in [6.07, 6.45) is 4.46. The number of pyridine rings is 1. The summed E-state index contributed by atoms with van der Waals surface area (Å²) in [5.41, 5.74) is 1.26. The zero-order valence-electron chi connectivity index (χ0n) is 14.7. The molecule has 0 atom stereocenters. The van der Waals surface area contributed by atoms with Gasteiger partial charge in [-0.05, 0) is 36.8 Å². The molecule has 0 spiro atoms. The molecule has 0 saturated carbocycles. The van der Waals surface area contributed by atoms with E-state index >= 15 is 0 Å². The molecule has 0 saturated heterocycles. The zero-order valence-corrected chi connectivity index (χ0v) is 16.3. The van der Waals surface area contributed by atoms with Crippen LogP contribution >= 0.6 is 11.8 Å². The monoisotopic (exact) mass is 390 g/mol. The average molecular weight is 391 g/mol. The van der Waals surface area contributed by atoms with Crippen molar-refractivity contribution in [3.63, 3.8) is 0 Å². The summed E-state index contributed by atoms with van der Waals surface area (Å²) in [6, 6.07) is 9.40. The summed E-state index contributed by atoms with van der Waals surface area (Å²) in [7, 11) is -3.90. The van der Waals surface area contributed by atoms with Crippen LogP contribution < -0.4 is 0 Å². The third-order valence-corrected chi connectivity index (χ3v) is 6.30. The van der Waals surface area contributed by atoms with Gasteiger partial charge in [0.25, 0.3) is 10.0 Å². The van der Waals surface area contributed by atoms with E-state index in [4.69, 9.17) is 0 Å². The molecule has 0 N–H and O–H groups in total. The van der Waals surface area contributed by atoms with E-state index in [1.165, 1.54) is 30.2 Å². The molecule has 7 heteroatoms. The van der Waals surface area contributed by atoms with Crippen LogP contribution in [0.2, 0.25) is 0 Å². The molecule has 0 unspecified atom stereocenters. The lowest BCUT2D eigenvalue weighted by Gasteiger charge is -2.12. The second-order valence-corrected chi connectivity index (χ2v) is 9.67. The van der Waals surface area contributed by atoms with Crippen LogP contribution in [0.3, 0.4) is 0 Å². The van der Waals surface area contributed by atoms with Gasteiger partial charge in [-0.25, -0.2) is 16.8 Å². The van der Waals surface area contributed by atoms with E-state index in [9.17, 15) is 12.8 Å². The number of rotatable bonds is 5. The Morgan fingerprint density at radius 3 is 2.58 bits per heavy atom. The van der Waals surface area contributed by atoms with Crippen molar-refractivity contribution in [2.45, 2.75) is 35.8 Å². The Labute approximate surface area is 157 Å². The molecular formula is C19H19FN2O2S2. The van der Waals surface area contributed by atoms with Crippen LogP contribution in [0.5, 0.6) is 0 Å². The highest BCUT2D eigenvalue weighted by Gasteiger charge is 2.23. The van der Waals surface area contributed by atoms with Gasteiger partial charge in [0.05, 0.1) is 5.69 Å². The van der Waals surface area contributed by atoms with Crippen molar-refractivity contribution in [3.8, 4) is 11.3 Å². The normalized spacial score (nSPS) is 11.9. The Bertz CT molecular complexity index is 1040. The highest BCUT2D eigenvalue weighted by atomic mass is 32.2. The van der Waals surface area contributed by atoms with Gasteiger partial charge in [0, 0.05) is 34.3 Å². The van der Waals surface area contributed by atoms with E-state index in [-0.39, 0.29) is 10.5 Å². The van der Waals surface area contributed by atoms with Crippen LogP contribution in [-0.4, -0.2) is 22.6 Å². The minimum atomic E-state index is -3.90. The summed E-state index contributed by atoms with van der Waals surface area (Å²) >= 11 is 1.54. The summed E-state index contributed by atoms with van der Waals surface area (Å²) in [5, 5.41) is 0.303. The topological polar surface area (TPSA) is 52.0 Å². The van der Waals surface area contributed by atoms with Crippen molar-refractivity contribution in [2.24, 2.45) is 0 Å². The molecule has 0 fully saturated rings. The first-order chi connectivity index (χ1) is 12.3. The van der Waals surface area contributed by atoms with Crippen molar-refractivity contribution < 1.29 is 12.8 Å². The summed E-state index contributed by atoms with van der Waals surface area (Å²) in [4.78, 5) is 4.92. The molecule has 0 amide bonds. The second kappa shape index (κ2) is 7.25. The first-order valence-corrected chi connectivity index (χ1v) is 10.4. The number of thioether (sulfide) groups is 1. The average Bonchev–Trinajstić information content (AvgIpc) is 2.97. The minimum absolute atomic E-state index is 0.0799. The fraction of sp³-hybridized carbons (Fsp3) is 0.211. The lowest BCUT2D eigenvalue weighted by atomic mass is 10.1. The van der Waals surface area contributed by atoms with Gasteiger partial charge >= 0.3 is 0 Å². The van der Waals surface area contributed by atoms with Gasteiger partial charge in [0.1, 0.15) is 10.7 Å². The van der Waals surface area contributed by atoms with Gasteiger partial charge in [0.15, 0.2) is 0 Å². The van der Waals surface area contributed by atoms with Gasteiger partial charge in [-0.1, -0.05) is 26.0 Å². The highest BCUT2D eigenvalue weighted by molar-refractivity contribution is 8.00. The molecule has 26 heavy (non-hydrogen) atoms. The molecular weight excluding hydrogens is 371 g/mol. The van der Waals surface area contributed by atoms with Crippen LogP contribution in [0.25, 0.3) is 11.3 Å². The Hall–Kier alpha value is -2.12. The first-order valence-electron chi connectivity index (χ1n) is 8.10. The van der Waals surface area contributed by atoms with Crippen LogP contribution in [0.1, 0.15) is 19.4 Å². The van der Waals surface area contributed by atoms with Gasteiger partial charge < -0.3 is 0 Å². The Morgan fingerprint density at radius 2 is 1.88 bits per heavy atom. The molecule has 0 aliphatic carbocycles. The Kier molecular flexibility index (Phi) is 5.20. The smallest absolute Gasteiger partial charge is 0.262 e. The van der Waals surface area contributed by atoms with Crippen LogP contribution in [-0.2, 0) is 10.0 Å². The van der Waals surface area contributed by atoms with Gasteiger partial charge in [-0.3, -0.25) is 4.98 Å². The van der Waals surface area contributed by atoms with Gasteiger partial charge in [-0.2, -0.15) is 0 Å². The van der Waals surface area contributed by atoms with E-state index in [0.717, 1.165) is 14.4 Å². The lowest BCUT2D eigenvalue weighted by Crippen LogP contribution is -2.14. The predicted octanol–water partition coefficient (Wildman–Crippen LogP) is 4.74. The SMILES string of the molecule is Cc1cc(-c2ccccc2F)n(S(=O)(=O)c2cncc(SC(C)C)c2)c1. The molecule has 1 aromatic carbocycles. The third kappa shape index (κ3) is 3.68. The number of aromatic nitrogens is 2. The Morgan fingerprint density at radius 1 is 1.15 bits per heavy atom. The highest BCUT2D eigenvalue weighted by Crippen LogP contribution is 2.30. The number of benzene rings is 1. The standard InChI is InChI=1S/C19H19FN2O2S2/c1-13(2)25-15-9-16(11-21-10-15)26(23,24)22-12-14(3)8-19(22)17-6-4-5-7-18(17)20/h4-13H,1-3H3. The largest absolute Gasteiger partial charge is 0.269 e. The zero-order chi connectivity index (χ0) is 18.9. The molecule has 0 aliphatic heterocycles. The summed E-state index contributed by atoms with van der Waals surface area (Å²) < 4.78 is 41.7. The van der Waals surface area contributed by atoms with E-state index < -0.39 is 15.8 Å². The first kappa shape index (κ1) is 18.7. The van der Waals surface area contributed by atoms with Crippen LogP contribution in [0.4, 0.5) is 4.39 Å². The molecule has 3 rings (SSSR count). The molecule has 4 nitrogen and oxygen atoms in total. The Balaban J connectivity index is 2.14. The van der Waals surface area contributed by atoms with E-state index in [0.29, 0.717) is 10.9 Å². The molecule has 0 bridgehead atoms. The number of nitrogens with zero attached hydrogens (tertiary/aromatic N) is 2. The number of hydrogen-bond donors (Lipinski definition) is 0. The minimum Gasteiger partial charge on any atom is -0.262 e. The fourth-order valence-electron chi connectivity index (χ4n) is 2.63. The van der Waals surface area contributed by atoms with Crippen molar-refractivity contribution in [3.05, 3.63) is 66.4 Å². The van der Waals surface area contributed by atoms with Crippen molar-refractivity contribution >= 4 is 21.8 Å². The molecule has 136 valence electrons. The van der Waals surface area contributed by atoms with Crippen LogP contribution in [0.15, 0.2) is 64.8 Å². The maximum atomic E-state index is 14.2. The third-order valence-electron chi connectivity index (χ3n) is 3.69. The maximum Gasteiger partial charge on any atom is 0.269 e. The van der Waals surface area contributed by atoms with Crippen LogP contribution in [0, 0.1) is 12.7 Å². The second-order valence-electron chi connectivity index (χ2n) is 6.21. The van der Waals surface area contributed by atoms with E-state index in [2.05, 4.69) is 4.98 Å². The number of hydrogen-bond acceptors (Lipinski definition) is 4. The molecule has 2 heterocycles. The lowest BCUT2D eigenvalue weighted by molar-refractivity contribution is 0.587. The van der Waals surface area contributed by atoms with Crippen molar-refractivity contribution in [1.82, 2.24) is 8.96 Å². The van der Waals surface area contributed by atoms with Crippen molar-refractivity contribution in [1.29, 1.82) is 0 Å².